The zero-order valence-corrected chi connectivity index (χ0v) is 12.4. The highest BCUT2D eigenvalue weighted by Crippen LogP contribution is 2.32. The summed E-state index contributed by atoms with van der Waals surface area (Å²) in [5.41, 5.74) is 3.04. The third-order valence-corrected chi connectivity index (χ3v) is 4.51. The van der Waals surface area contributed by atoms with Crippen molar-refractivity contribution < 1.29 is 5.11 Å². The summed E-state index contributed by atoms with van der Waals surface area (Å²) in [5.74, 6) is 0. The second-order valence-corrected chi connectivity index (χ2v) is 5.99. The van der Waals surface area contributed by atoms with Gasteiger partial charge in [-0.25, -0.2) is 0 Å². The van der Waals surface area contributed by atoms with E-state index in [1.165, 1.54) is 5.39 Å². The SMILES string of the molecule is CN(C)c1ccc(C(O)c2cccc3ccsc23)cc1. The third kappa shape index (κ3) is 2.30. The highest BCUT2D eigenvalue weighted by molar-refractivity contribution is 7.17. The molecule has 102 valence electrons. The third-order valence-electron chi connectivity index (χ3n) is 3.53. The lowest BCUT2D eigenvalue weighted by Gasteiger charge is -2.16. The quantitative estimate of drug-likeness (QED) is 0.784. The smallest absolute Gasteiger partial charge is 0.105 e. The van der Waals surface area contributed by atoms with Crippen molar-refractivity contribution in [2.75, 3.05) is 19.0 Å². The highest BCUT2D eigenvalue weighted by Gasteiger charge is 2.14. The number of nitrogens with zero attached hydrogens (tertiary/aromatic N) is 1. The molecule has 1 N–H and O–H groups in total. The molecular weight excluding hydrogens is 266 g/mol. The second kappa shape index (κ2) is 5.27. The van der Waals surface area contributed by atoms with Gasteiger partial charge in [0.25, 0.3) is 0 Å². The van der Waals surface area contributed by atoms with E-state index in [2.05, 4.69) is 22.4 Å². The number of hydrogen-bond donors (Lipinski definition) is 1. The van der Waals surface area contributed by atoms with E-state index in [1.807, 2.05) is 50.5 Å². The molecule has 0 aliphatic heterocycles. The molecule has 0 amide bonds. The van der Waals surface area contributed by atoms with Crippen LogP contribution in [0.25, 0.3) is 10.1 Å². The minimum atomic E-state index is -0.575. The Kier molecular flexibility index (Phi) is 3.47. The van der Waals surface area contributed by atoms with E-state index in [0.717, 1.165) is 21.5 Å². The van der Waals surface area contributed by atoms with E-state index in [1.54, 1.807) is 11.3 Å². The van der Waals surface area contributed by atoms with Gasteiger partial charge in [-0.05, 0) is 34.5 Å². The molecule has 0 bridgehead atoms. The molecule has 1 aromatic heterocycles. The lowest BCUT2D eigenvalue weighted by molar-refractivity contribution is 0.222. The van der Waals surface area contributed by atoms with Gasteiger partial charge in [0.05, 0.1) is 0 Å². The van der Waals surface area contributed by atoms with Crippen LogP contribution in [0.5, 0.6) is 0 Å². The minimum absolute atomic E-state index is 0.575. The molecule has 2 nitrogen and oxygen atoms in total. The summed E-state index contributed by atoms with van der Waals surface area (Å²) < 4.78 is 1.16. The Hall–Kier alpha value is -1.84. The van der Waals surface area contributed by atoms with Gasteiger partial charge in [-0.3, -0.25) is 0 Å². The van der Waals surface area contributed by atoms with E-state index in [0.29, 0.717) is 0 Å². The molecule has 0 aliphatic carbocycles. The number of anilines is 1. The molecule has 0 radical (unpaired) electrons. The molecule has 1 heterocycles. The fourth-order valence-corrected chi connectivity index (χ4v) is 3.30. The lowest BCUT2D eigenvalue weighted by atomic mass is 10.00. The fraction of sp³-hybridized carbons (Fsp3) is 0.176. The number of benzene rings is 2. The zero-order valence-electron chi connectivity index (χ0n) is 11.6. The fourth-order valence-electron chi connectivity index (χ4n) is 2.37. The van der Waals surface area contributed by atoms with Crippen molar-refractivity contribution in [2.24, 2.45) is 0 Å². The molecule has 0 saturated heterocycles. The van der Waals surface area contributed by atoms with Gasteiger partial charge >= 0.3 is 0 Å². The molecule has 0 spiro atoms. The van der Waals surface area contributed by atoms with Gasteiger partial charge in [-0.1, -0.05) is 30.3 Å². The van der Waals surface area contributed by atoms with Crippen LogP contribution in [0.2, 0.25) is 0 Å². The van der Waals surface area contributed by atoms with E-state index in [4.69, 9.17) is 0 Å². The number of thiophene rings is 1. The summed E-state index contributed by atoms with van der Waals surface area (Å²) in [6.45, 7) is 0. The lowest BCUT2D eigenvalue weighted by Crippen LogP contribution is -2.08. The molecule has 0 fully saturated rings. The van der Waals surface area contributed by atoms with Crippen molar-refractivity contribution in [1.82, 2.24) is 0 Å². The second-order valence-electron chi connectivity index (χ2n) is 5.07. The van der Waals surface area contributed by atoms with E-state index < -0.39 is 6.10 Å². The first-order chi connectivity index (χ1) is 9.66. The Labute approximate surface area is 122 Å². The number of aliphatic hydroxyl groups is 1. The highest BCUT2D eigenvalue weighted by atomic mass is 32.1. The first kappa shape index (κ1) is 13.2. The Bertz CT molecular complexity index is 715. The standard InChI is InChI=1S/C17H17NOS/c1-18(2)14-8-6-12(7-9-14)16(19)15-5-3-4-13-10-11-20-17(13)15/h3-11,16,19H,1-2H3. The molecule has 20 heavy (non-hydrogen) atoms. The number of rotatable bonds is 3. The number of aliphatic hydroxyl groups excluding tert-OH is 1. The normalized spacial score (nSPS) is 12.6. The minimum Gasteiger partial charge on any atom is -0.384 e. The average molecular weight is 283 g/mol. The van der Waals surface area contributed by atoms with Crippen LogP contribution in [0.3, 0.4) is 0 Å². The number of hydrogen-bond acceptors (Lipinski definition) is 3. The summed E-state index contributed by atoms with van der Waals surface area (Å²) in [6, 6.07) is 16.2. The van der Waals surface area contributed by atoms with E-state index in [-0.39, 0.29) is 0 Å². The largest absolute Gasteiger partial charge is 0.384 e. The van der Waals surface area contributed by atoms with Crippen LogP contribution in [0.15, 0.2) is 53.9 Å². The predicted molar refractivity (Wildman–Crippen MR) is 86.7 cm³/mol. The molecule has 1 atom stereocenters. The molecule has 0 saturated carbocycles. The topological polar surface area (TPSA) is 23.5 Å². The van der Waals surface area contributed by atoms with Gasteiger partial charge in [0.15, 0.2) is 0 Å². The van der Waals surface area contributed by atoms with Crippen molar-refractivity contribution in [1.29, 1.82) is 0 Å². The van der Waals surface area contributed by atoms with Crippen molar-refractivity contribution in [3.63, 3.8) is 0 Å². The summed E-state index contributed by atoms with van der Waals surface area (Å²) in [6.07, 6.45) is -0.575. The molecule has 0 aliphatic rings. The van der Waals surface area contributed by atoms with E-state index >= 15 is 0 Å². The van der Waals surface area contributed by atoms with Gasteiger partial charge in [-0.2, -0.15) is 0 Å². The molecule has 3 heteroatoms. The molecule has 3 aromatic rings. The van der Waals surface area contributed by atoms with Crippen molar-refractivity contribution in [3.8, 4) is 0 Å². The molecule has 2 aromatic carbocycles. The van der Waals surface area contributed by atoms with Crippen LogP contribution in [0, 0.1) is 0 Å². The van der Waals surface area contributed by atoms with Gasteiger partial charge < -0.3 is 10.0 Å². The van der Waals surface area contributed by atoms with Gasteiger partial charge in [0.1, 0.15) is 6.10 Å². The maximum absolute atomic E-state index is 10.6. The van der Waals surface area contributed by atoms with Crippen LogP contribution in [0.1, 0.15) is 17.2 Å². The van der Waals surface area contributed by atoms with Gasteiger partial charge in [-0.15, -0.1) is 11.3 Å². The summed E-state index contributed by atoms with van der Waals surface area (Å²) in [5, 5.41) is 13.9. The van der Waals surface area contributed by atoms with Crippen LogP contribution in [-0.2, 0) is 0 Å². The Morgan fingerprint density at radius 1 is 1.00 bits per heavy atom. The molecule has 1 unspecified atom stereocenters. The monoisotopic (exact) mass is 283 g/mol. The Balaban J connectivity index is 1.99. The summed E-state index contributed by atoms with van der Waals surface area (Å²) in [7, 11) is 4.02. The summed E-state index contributed by atoms with van der Waals surface area (Å²) >= 11 is 1.68. The van der Waals surface area contributed by atoms with Gasteiger partial charge in [0, 0.05) is 30.0 Å². The van der Waals surface area contributed by atoms with Crippen LogP contribution in [-0.4, -0.2) is 19.2 Å². The average Bonchev–Trinajstić information content (AvgIpc) is 2.95. The summed E-state index contributed by atoms with van der Waals surface area (Å²) in [4.78, 5) is 2.05. The van der Waals surface area contributed by atoms with Crippen molar-refractivity contribution >= 4 is 27.1 Å². The van der Waals surface area contributed by atoms with Gasteiger partial charge in [0.2, 0.25) is 0 Å². The first-order valence-corrected chi connectivity index (χ1v) is 7.46. The van der Waals surface area contributed by atoms with Crippen LogP contribution >= 0.6 is 11.3 Å². The zero-order chi connectivity index (χ0) is 14.1. The van der Waals surface area contributed by atoms with Crippen molar-refractivity contribution in [3.05, 3.63) is 65.0 Å². The number of fused-ring (bicyclic) bond motifs is 1. The van der Waals surface area contributed by atoms with E-state index in [9.17, 15) is 5.11 Å². The Morgan fingerprint density at radius 3 is 2.45 bits per heavy atom. The van der Waals surface area contributed by atoms with Crippen LogP contribution < -0.4 is 4.90 Å². The predicted octanol–water partition coefficient (Wildman–Crippen LogP) is 4.05. The van der Waals surface area contributed by atoms with Crippen molar-refractivity contribution in [2.45, 2.75) is 6.10 Å². The maximum Gasteiger partial charge on any atom is 0.105 e. The van der Waals surface area contributed by atoms with Crippen LogP contribution in [0.4, 0.5) is 5.69 Å². The molecular formula is C17H17NOS. The molecule has 3 rings (SSSR count). The maximum atomic E-state index is 10.6. The Morgan fingerprint density at radius 2 is 1.75 bits per heavy atom. The first-order valence-electron chi connectivity index (χ1n) is 6.58.